The predicted octanol–water partition coefficient (Wildman–Crippen LogP) is 1.96. The lowest BCUT2D eigenvalue weighted by Gasteiger charge is -2.04. The number of rotatable bonds is 2. The Labute approximate surface area is 87.4 Å². The quantitative estimate of drug-likeness (QED) is 0.814. The first-order valence-corrected chi connectivity index (χ1v) is 4.69. The number of imidazole rings is 1. The number of aryl methyl sites for hydroxylation is 1. The number of aromatic nitrogens is 2. The van der Waals surface area contributed by atoms with Crippen molar-refractivity contribution in [2.24, 2.45) is 0 Å². The Morgan fingerprint density at radius 1 is 1.47 bits per heavy atom. The average Bonchev–Trinajstić information content (AvgIpc) is 2.45. The highest BCUT2D eigenvalue weighted by Gasteiger charge is 2.02. The Hall–Kier alpha value is -1.84. The zero-order valence-corrected chi connectivity index (χ0v) is 8.44. The lowest BCUT2D eigenvalue weighted by molar-refractivity contribution is 0.623. The van der Waals surface area contributed by atoms with E-state index in [1.165, 1.54) is 12.1 Å². The van der Waals surface area contributed by atoms with Gasteiger partial charge in [0, 0.05) is 6.20 Å². The minimum absolute atomic E-state index is 0.233. The molecule has 0 saturated carbocycles. The molecule has 0 radical (unpaired) electrons. The van der Waals surface area contributed by atoms with Gasteiger partial charge in [-0.1, -0.05) is 12.1 Å². The molecular formula is C11H12FN3. The first kappa shape index (κ1) is 9.71. The minimum atomic E-state index is -0.233. The van der Waals surface area contributed by atoms with Crippen LogP contribution >= 0.6 is 0 Å². The molecule has 0 aliphatic heterocycles. The van der Waals surface area contributed by atoms with Crippen LogP contribution in [0.4, 0.5) is 10.3 Å². The van der Waals surface area contributed by atoms with Crippen LogP contribution in [0.15, 0.2) is 30.5 Å². The molecule has 0 atom stereocenters. The Balaban J connectivity index is 2.25. The summed E-state index contributed by atoms with van der Waals surface area (Å²) in [7, 11) is 0. The first-order chi connectivity index (χ1) is 7.15. The van der Waals surface area contributed by atoms with E-state index < -0.39 is 0 Å². The van der Waals surface area contributed by atoms with Crippen LogP contribution in [0.5, 0.6) is 0 Å². The predicted molar refractivity (Wildman–Crippen MR) is 56.9 cm³/mol. The highest BCUT2D eigenvalue weighted by molar-refractivity contribution is 5.25. The maximum atomic E-state index is 12.9. The van der Waals surface area contributed by atoms with Gasteiger partial charge in [-0.2, -0.15) is 0 Å². The number of nitrogen functional groups attached to an aromatic ring is 1. The molecule has 2 N–H and O–H groups in total. The summed E-state index contributed by atoms with van der Waals surface area (Å²) in [6, 6.07) is 6.46. The van der Waals surface area contributed by atoms with Crippen molar-refractivity contribution in [3.8, 4) is 0 Å². The van der Waals surface area contributed by atoms with Crippen molar-refractivity contribution >= 4 is 5.95 Å². The number of nitrogens with two attached hydrogens (primary N) is 1. The van der Waals surface area contributed by atoms with Crippen molar-refractivity contribution in [3.05, 3.63) is 47.5 Å². The minimum Gasteiger partial charge on any atom is -0.369 e. The number of hydrogen-bond acceptors (Lipinski definition) is 2. The molecule has 4 heteroatoms. The molecule has 0 saturated heterocycles. The van der Waals surface area contributed by atoms with E-state index in [0.717, 1.165) is 11.3 Å². The van der Waals surface area contributed by atoms with E-state index in [-0.39, 0.29) is 5.82 Å². The number of anilines is 1. The molecule has 0 aliphatic rings. The monoisotopic (exact) mass is 205 g/mol. The van der Waals surface area contributed by atoms with E-state index in [0.29, 0.717) is 12.5 Å². The zero-order valence-electron chi connectivity index (χ0n) is 8.44. The fraction of sp³-hybridized carbons (Fsp3) is 0.182. The second-order valence-electron chi connectivity index (χ2n) is 3.50. The maximum absolute atomic E-state index is 12.9. The van der Waals surface area contributed by atoms with Crippen LogP contribution in [0, 0.1) is 12.7 Å². The summed E-state index contributed by atoms with van der Waals surface area (Å²) in [5.41, 5.74) is 7.42. The highest BCUT2D eigenvalue weighted by Crippen LogP contribution is 2.10. The summed E-state index contributed by atoms with van der Waals surface area (Å²) >= 11 is 0. The summed E-state index contributed by atoms with van der Waals surface area (Å²) in [4.78, 5) is 4.08. The third-order valence-electron chi connectivity index (χ3n) is 2.17. The Morgan fingerprint density at radius 2 is 2.27 bits per heavy atom. The maximum Gasteiger partial charge on any atom is 0.200 e. The summed E-state index contributed by atoms with van der Waals surface area (Å²) < 4.78 is 14.7. The molecule has 15 heavy (non-hydrogen) atoms. The van der Waals surface area contributed by atoms with Gasteiger partial charge in [-0.3, -0.25) is 0 Å². The fourth-order valence-electron chi connectivity index (χ4n) is 1.52. The lowest BCUT2D eigenvalue weighted by atomic mass is 10.2. The average molecular weight is 205 g/mol. The van der Waals surface area contributed by atoms with Crippen LogP contribution in [0.2, 0.25) is 0 Å². The molecule has 0 fully saturated rings. The molecule has 0 spiro atoms. The number of benzene rings is 1. The van der Waals surface area contributed by atoms with Crippen LogP contribution in [0.3, 0.4) is 0 Å². The van der Waals surface area contributed by atoms with Crippen LogP contribution in [-0.4, -0.2) is 9.55 Å². The molecule has 1 heterocycles. The normalized spacial score (nSPS) is 10.5. The van der Waals surface area contributed by atoms with Crippen LogP contribution < -0.4 is 5.73 Å². The van der Waals surface area contributed by atoms with Gasteiger partial charge in [-0.15, -0.1) is 0 Å². The molecule has 3 nitrogen and oxygen atoms in total. The van der Waals surface area contributed by atoms with Crippen molar-refractivity contribution in [2.75, 3.05) is 5.73 Å². The second kappa shape index (κ2) is 3.73. The van der Waals surface area contributed by atoms with Crippen LogP contribution in [-0.2, 0) is 6.54 Å². The van der Waals surface area contributed by atoms with E-state index in [2.05, 4.69) is 4.98 Å². The number of halogens is 1. The van der Waals surface area contributed by atoms with Crippen LogP contribution in [0.25, 0.3) is 0 Å². The zero-order chi connectivity index (χ0) is 10.8. The summed E-state index contributed by atoms with van der Waals surface area (Å²) in [6.07, 6.45) is 1.85. The van der Waals surface area contributed by atoms with E-state index in [4.69, 9.17) is 5.73 Å². The molecule has 2 rings (SSSR count). The van der Waals surface area contributed by atoms with E-state index in [1.54, 1.807) is 10.6 Å². The number of hydrogen-bond donors (Lipinski definition) is 1. The van der Waals surface area contributed by atoms with Crippen molar-refractivity contribution < 1.29 is 4.39 Å². The standard InChI is InChI=1S/C11H12FN3/c1-8-6-15(11(13)14-8)7-9-3-2-4-10(12)5-9/h2-6H,7H2,1H3,(H2,13,14). The fourth-order valence-corrected chi connectivity index (χ4v) is 1.52. The molecule has 2 aromatic rings. The highest BCUT2D eigenvalue weighted by atomic mass is 19.1. The Kier molecular flexibility index (Phi) is 2.41. The van der Waals surface area contributed by atoms with Crippen molar-refractivity contribution in [2.45, 2.75) is 13.5 Å². The molecule has 0 unspecified atom stereocenters. The number of nitrogens with zero attached hydrogens (tertiary/aromatic N) is 2. The van der Waals surface area contributed by atoms with Gasteiger partial charge >= 0.3 is 0 Å². The van der Waals surface area contributed by atoms with E-state index in [1.807, 2.05) is 19.2 Å². The first-order valence-electron chi connectivity index (χ1n) is 4.69. The van der Waals surface area contributed by atoms with Gasteiger partial charge in [0.05, 0.1) is 12.2 Å². The summed E-state index contributed by atoms with van der Waals surface area (Å²) in [6.45, 7) is 2.42. The SMILES string of the molecule is Cc1cn(Cc2cccc(F)c2)c(N)n1. The van der Waals surface area contributed by atoms with Gasteiger partial charge in [0.1, 0.15) is 5.82 Å². The van der Waals surface area contributed by atoms with Crippen molar-refractivity contribution in [3.63, 3.8) is 0 Å². The van der Waals surface area contributed by atoms with Gasteiger partial charge in [0.2, 0.25) is 5.95 Å². The Morgan fingerprint density at radius 3 is 2.87 bits per heavy atom. The van der Waals surface area contributed by atoms with Gasteiger partial charge < -0.3 is 10.3 Å². The smallest absolute Gasteiger partial charge is 0.200 e. The third kappa shape index (κ3) is 2.15. The van der Waals surface area contributed by atoms with Crippen molar-refractivity contribution in [1.82, 2.24) is 9.55 Å². The molecule has 0 amide bonds. The molecule has 78 valence electrons. The molecule has 1 aromatic heterocycles. The van der Waals surface area contributed by atoms with Gasteiger partial charge in [-0.05, 0) is 24.6 Å². The second-order valence-corrected chi connectivity index (χ2v) is 3.50. The molecule has 0 aliphatic carbocycles. The lowest BCUT2D eigenvalue weighted by Crippen LogP contribution is -2.03. The van der Waals surface area contributed by atoms with E-state index >= 15 is 0 Å². The Bertz CT molecular complexity index is 476. The van der Waals surface area contributed by atoms with E-state index in [9.17, 15) is 4.39 Å². The van der Waals surface area contributed by atoms with Crippen molar-refractivity contribution in [1.29, 1.82) is 0 Å². The largest absolute Gasteiger partial charge is 0.369 e. The van der Waals surface area contributed by atoms with Crippen LogP contribution in [0.1, 0.15) is 11.3 Å². The molecule has 0 bridgehead atoms. The van der Waals surface area contributed by atoms with Gasteiger partial charge in [0.15, 0.2) is 0 Å². The summed E-state index contributed by atoms with van der Waals surface area (Å²) in [5, 5.41) is 0. The van der Waals surface area contributed by atoms with Gasteiger partial charge in [-0.25, -0.2) is 9.37 Å². The van der Waals surface area contributed by atoms with Gasteiger partial charge in [0.25, 0.3) is 0 Å². The topological polar surface area (TPSA) is 43.8 Å². The molecular weight excluding hydrogens is 193 g/mol. The molecule has 1 aromatic carbocycles. The summed E-state index contributed by atoms with van der Waals surface area (Å²) in [5.74, 6) is 0.222. The third-order valence-corrected chi connectivity index (χ3v) is 2.17.